The number of aromatic amines is 2. The quantitative estimate of drug-likeness (QED) is 0.414. The Morgan fingerprint density at radius 3 is 2.08 bits per heavy atom. The van der Waals surface area contributed by atoms with Crippen LogP contribution in [0.25, 0.3) is 0 Å². The van der Waals surface area contributed by atoms with Crippen LogP contribution in [-0.4, -0.2) is 73.3 Å². The first kappa shape index (κ1) is 26.3. The average Bonchev–Trinajstić information content (AvgIpc) is 3.75. The molecule has 2 aliphatic heterocycles. The maximum Gasteiger partial charge on any atom is 0.254 e. The van der Waals surface area contributed by atoms with E-state index >= 15 is 0 Å². The molecular weight excluding hydrogens is 486 g/mol. The minimum absolute atomic E-state index is 0.0190. The molecule has 0 bridgehead atoms. The maximum absolute atomic E-state index is 13.4. The predicted octanol–water partition coefficient (Wildman–Crippen LogP) is 4.84. The Labute approximate surface area is 232 Å². The monoisotopic (exact) mass is 529 g/mol. The van der Waals surface area contributed by atoms with Crippen LogP contribution in [0.15, 0.2) is 49.1 Å². The van der Waals surface area contributed by atoms with Gasteiger partial charge in [0, 0.05) is 50.0 Å². The number of hydrogen-bond donors (Lipinski definition) is 2. The normalized spacial score (nSPS) is 20.5. The fraction of sp³-hybridized carbons (Fsp3) is 0.581. The topological polar surface area (TPSA) is 84.2 Å². The van der Waals surface area contributed by atoms with Gasteiger partial charge >= 0.3 is 0 Å². The van der Waals surface area contributed by atoms with E-state index in [0.717, 1.165) is 24.1 Å². The van der Waals surface area contributed by atoms with E-state index in [0.29, 0.717) is 24.1 Å². The van der Waals surface area contributed by atoms with Crippen LogP contribution >= 0.6 is 0 Å². The van der Waals surface area contributed by atoms with Crippen LogP contribution in [0.1, 0.15) is 78.9 Å². The number of imidazole rings is 2. The van der Waals surface area contributed by atoms with Gasteiger partial charge in [-0.3, -0.25) is 9.69 Å². The van der Waals surface area contributed by atoms with Crippen molar-refractivity contribution in [3.05, 3.63) is 71.8 Å². The lowest BCUT2D eigenvalue weighted by atomic mass is 9.77. The van der Waals surface area contributed by atoms with E-state index in [2.05, 4.69) is 41.9 Å². The fourth-order valence-electron chi connectivity index (χ4n) is 7.04. The van der Waals surface area contributed by atoms with Gasteiger partial charge < -0.3 is 19.8 Å². The minimum atomic E-state index is -0.0190. The summed E-state index contributed by atoms with van der Waals surface area (Å²) in [7, 11) is 0. The van der Waals surface area contributed by atoms with Gasteiger partial charge in [0.05, 0.1) is 13.1 Å². The third-order valence-corrected chi connectivity index (χ3v) is 9.36. The SMILES string of the molecule is O=C(c1ccc(CN2CCC3(CCN(CC4CCCCC4)CC3)C2)cc1)N(Cc1ncc[nH]1)Cc1ncc[nH]1. The van der Waals surface area contributed by atoms with E-state index < -0.39 is 0 Å². The summed E-state index contributed by atoms with van der Waals surface area (Å²) in [4.78, 5) is 35.4. The molecule has 1 aliphatic carbocycles. The Kier molecular flexibility index (Phi) is 8.11. The second-order valence-corrected chi connectivity index (χ2v) is 12.2. The van der Waals surface area contributed by atoms with Gasteiger partial charge in [0.15, 0.2) is 0 Å². The maximum atomic E-state index is 13.4. The zero-order valence-electron chi connectivity index (χ0n) is 23.2. The molecule has 0 radical (unpaired) electrons. The minimum Gasteiger partial charge on any atom is -0.347 e. The van der Waals surface area contributed by atoms with E-state index in [1.165, 1.54) is 89.7 Å². The number of likely N-dealkylation sites (tertiary alicyclic amines) is 2. The first-order valence-electron chi connectivity index (χ1n) is 14.9. The highest BCUT2D eigenvalue weighted by atomic mass is 16.2. The van der Waals surface area contributed by atoms with Gasteiger partial charge in [-0.25, -0.2) is 9.97 Å². The Bertz CT molecular complexity index is 1120. The zero-order chi connectivity index (χ0) is 26.5. The Morgan fingerprint density at radius 2 is 1.49 bits per heavy atom. The summed E-state index contributed by atoms with van der Waals surface area (Å²) in [6.07, 6.45) is 18.3. The van der Waals surface area contributed by atoms with Crippen molar-refractivity contribution in [3.63, 3.8) is 0 Å². The highest BCUT2D eigenvalue weighted by Crippen LogP contribution is 2.41. The van der Waals surface area contributed by atoms with Gasteiger partial charge in [0.25, 0.3) is 5.91 Å². The van der Waals surface area contributed by atoms with Crippen LogP contribution in [0.4, 0.5) is 0 Å². The van der Waals surface area contributed by atoms with Crippen LogP contribution in [0.2, 0.25) is 0 Å². The standard InChI is InChI=1S/C31H43N7O/c39-30(38(22-28-32-13-14-33-28)23-29-34-15-16-35-29)27-8-6-26(7-9-27)21-37-19-12-31(24-37)10-17-36(18-11-31)20-25-4-2-1-3-5-25/h6-9,13-16,25H,1-5,10-12,17-24H2,(H,32,33)(H,34,35). The first-order chi connectivity index (χ1) is 19.1. The van der Waals surface area contributed by atoms with Crippen LogP contribution in [0.5, 0.6) is 0 Å². The van der Waals surface area contributed by atoms with Crippen molar-refractivity contribution in [1.29, 1.82) is 0 Å². The molecule has 3 aliphatic rings. The molecule has 2 saturated heterocycles. The predicted molar refractivity (Wildman–Crippen MR) is 152 cm³/mol. The van der Waals surface area contributed by atoms with Gasteiger partial charge in [0.1, 0.15) is 11.6 Å². The molecule has 8 heteroatoms. The first-order valence-corrected chi connectivity index (χ1v) is 14.9. The number of nitrogens with one attached hydrogen (secondary N) is 2. The number of carbonyl (C=O) groups is 1. The largest absolute Gasteiger partial charge is 0.347 e. The molecule has 208 valence electrons. The number of amides is 1. The number of hydrogen-bond acceptors (Lipinski definition) is 5. The Morgan fingerprint density at radius 1 is 0.872 bits per heavy atom. The van der Waals surface area contributed by atoms with E-state index in [-0.39, 0.29) is 5.91 Å². The number of piperidine rings is 1. The van der Waals surface area contributed by atoms with E-state index in [9.17, 15) is 4.79 Å². The van der Waals surface area contributed by atoms with Crippen molar-refractivity contribution >= 4 is 5.91 Å². The molecule has 1 amide bonds. The summed E-state index contributed by atoms with van der Waals surface area (Å²) in [5.41, 5.74) is 2.49. The molecule has 2 aromatic heterocycles. The summed E-state index contributed by atoms with van der Waals surface area (Å²) >= 11 is 0. The highest BCUT2D eigenvalue weighted by molar-refractivity contribution is 5.94. The summed E-state index contributed by atoms with van der Waals surface area (Å²) < 4.78 is 0. The van der Waals surface area contributed by atoms with E-state index in [4.69, 9.17) is 0 Å². The van der Waals surface area contributed by atoms with Gasteiger partial charge in [-0.1, -0.05) is 31.4 Å². The molecule has 2 N–H and O–H groups in total. The van der Waals surface area contributed by atoms with Crippen molar-refractivity contribution in [2.75, 3.05) is 32.7 Å². The third-order valence-electron chi connectivity index (χ3n) is 9.36. The summed E-state index contributed by atoms with van der Waals surface area (Å²) in [6.45, 7) is 8.08. The number of aromatic nitrogens is 4. The smallest absolute Gasteiger partial charge is 0.254 e. The molecule has 3 fully saturated rings. The molecule has 3 aromatic rings. The summed E-state index contributed by atoms with van der Waals surface area (Å²) in [5.74, 6) is 2.45. The molecule has 39 heavy (non-hydrogen) atoms. The fourth-order valence-corrected chi connectivity index (χ4v) is 7.04. The molecule has 1 spiro atoms. The Balaban J connectivity index is 1.02. The molecule has 1 saturated carbocycles. The lowest BCUT2D eigenvalue weighted by molar-refractivity contribution is 0.0721. The lowest BCUT2D eigenvalue weighted by Gasteiger charge is -2.41. The zero-order valence-corrected chi connectivity index (χ0v) is 23.2. The molecule has 0 atom stereocenters. The lowest BCUT2D eigenvalue weighted by Crippen LogP contribution is -2.43. The molecule has 1 aromatic carbocycles. The summed E-state index contributed by atoms with van der Waals surface area (Å²) in [6, 6.07) is 8.21. The van der Waals surface area contributed by atoms with Crippen molar-refractivity contribution in [1.82, 2.24) is 34.6 Å². The van der Waals surface area contributed by atoms with Crippen molar-refractivity contribution < 1.29 is 4.79 Å². The molecule has 6 rings (SSSR count). The van der Waals surface area contributed by atoms with Gasteiger partial charge in [-0.15, -0.1) is 0 Å². The second-order valence-electron chi connectivity index (χ2n) is 12.2. The average molecular weight is 530 g/mol. The van der Waals surface area contributed by atoms with Gasteiger partial charge in [-0.2, -0.15) is 0 Å². The molecular formula is C31H43N7O. The number of nitrogens with zero attached hydrogens (tertiary/aromatic N) is 5. The number of carbonyl (C=O) groups excluding carboxylic acids is 1. The third kappa shape index (κ3) is 6.61. The molecule has 0 unspecified atom stereocenters. The van der Waals surface area contributed by atoms with Gasteiger partial charge in [0.2, 0.25) is 0 Å². The molecule has 8 nitrogen and oxygen atoms in total. The number of H-pyrrole nitrogens is 2. The van der Waals surface area contributed by atoms with Crippen LogP contribution in [-0.2, 0) is 19.6 Å². The number of benzene rings is 1. The van der Waals surface area contributed by atoms with E-state index in [1.54, 1.807) is 29.7 Å². The van der Waals surface area contributed by atoms with E-state index in [1.807, 2.05) is 12.1 Å². The Hall–Kier alpha value is -2.97. The van der Waals surface area contributed by atoms with Gasteiger partial charge in [-0.05, 0) is 80.8 Å². The highest BCUT2D eigenvalue weighted by Gasteiger charge is 2.40. The second kappa shape index (κ2) is 12.0. The summed E-state index contributed by atoms with van der Waals surface area (Å²) in [5, 5.41) is 0. The molecule has 4 heterocycles. The van der Waals surface area contributed by atoms with Crippen molar-refractivity contribution in [3.8, 4) is 0 Å². The van der Waals surface area contributed by atoms with Crippen molar-refractivity contribution in [2.45, 2.75) is 71.0 Å². The van der Waals surface area contributed by atoms with Crippen molar-refractivity contribution in [2.24, 2.45) is 11.3 Å². The van der Waals surface area contributed by atoms with Crippen LogP contribution < -0.4 is 0 Å². The van der Waals surface area contributed by atoms with Crippen LogP contribution in [0, 0.1) is 11.3 Å². The van der Waals surface area contributed by atoms with Crippen LogP contribution in [0.3, 0.4) is 0 Å². The number of rotatable bonds is 9.